The highest BCUT2D eigenvalue weighted by atomic mass is 32.2. The summed E-state index contributed by atoms with van der Waals surface area (Å²) in [7, 11) is 1.60. The smallest absolute Gasteiger partial charge is 0.331 e. The van der Waals surface area contributed by atoms with Crippen LogP contribution in [0, 0.1) is 0 Å². The summed E-state index contributed by atoms with van der Waals surface area (Å²) in [5.41, 5.74) is 1.19. The molecule has 0 atom stereocenters. The van der Waals surface area contributed by atoms with E-state index in [2.05, 4.69) is 0 Å². The van der Waals surface area contributed by atoms with Crippen LogP contribution in [0.5, 0.6) is 0 Å². The fraction of sp³-hybridized carbons (Fsp3) is 0.182. The highest BCUT2D eigenvalue weighted by Crippen LogP contribution is 2.19. The zero-order chi connectivity index (χ0) is 11.3. The molecule has 1 rings (SSSR count). The number of hydrogen-bond donors (Lipinski definition) is 1. The quantitative estimate of drug-likeness (QED) is 0.631. The number of rotatable bonds is 4. The molecule has 3 nitrogen and oxygen atoms in total. The number of benzene rings is 1. The molecule has 1 N–H and O–H groups in total. The van der Waals surface area contributed by atoms with Crippen molar-refractivity contribution < 1.29 is 14.1 Å². The average Bonchev–Trinajstić information content (AvgIpc) is 2.21. The van der Waals surface area contributed by atoms with Crippen molar-refractivity contribution in [3.8, 4) is 0 Å². The molecule has 80 valence electrons. The molecule has 1 aromatic carbocycles. The van der Waals surface area contributed by atoms with Gasteiger partial charge >= 0.3 is 5.97 Å². The van der Waals surface area contributed by atoms with Gasteiger partial charge in [0.15, 0.2) is 0 Å². The molecule has 0 saturated heterocycles. The van der Waals surface area contributed by atoms with E-state index in [0.29, 0.717) is 5.57 Å². The molecule has 0 heterocycles. The normalized spacial score (nSPS) is 11.5. The van der Waals surface area contributed by atoms with E-state index in [1.807, 2.05) is 24.3 Å². The maximum atomic E-state index is 10.6. The molecule has 0 spiro atoms. The van der Waals surface area contributed by atoms with Gasteiger partial charge in [-0.25, -0.2) is 4.79 Å². The first-order valence-electron chi connectivity index (χ1n) is 4.36. The zero-order valence-electron chi connectivity index (χ0n) is 8.56. The van der Waals surface area contributed by atoms with Gasteiger partial charge in [0.1, 0.15) is 0 Å². The third-order valence-electron chi connectivity index (χ3n) is 1.78. The summed E-state index contributed by atoms with van der Waals surface area (Å²) in [5.74, 6) is -0.898. The van der Waals surface area contributed by atoms with Crippen LogP contribution in [0.25, 0.3) is 6.08 Å². The predicted molar refractivity (Wildman–Crippen MR) is 60.6 cm³/mol. The van der Waals surface area contributed by atoms with Crippen molar-refractivity contribution in [3.05, 3.63) is 35.4 Å². The number of carbonyl (C=O) groups is 1. The van der Waals surface area contributed by atoms with E-state index in [-0.39, 0.29) is 0 Å². The maximum absolute atomic E-state index is 10.6. The predicted octanol–water partition coefficient (Wildman–Crippen LogP) is 2.83. The Morgan fingerprint density at radius 3 is 2.47 bits per heavy atom. The van der Waals surface area contributed by atoms with E-state index >= 15 is 0 Å². The minimum atomic E-state index is -0.898. The van der Waals surface area contributed by atoms with Gasteiger partial charge in [-0.1, -0.05) is 12.1 Å². The third kappa shape index (κ3) is 3.77. The van der Waals surface area contributed by atoms with Gasteiger partial charge in [0, 0.05) is 22.5 Å². The minimum absolute atomic E-state index is 0.321. The van der Waals surface area contributed by atoms with E-state index in [1.165, 1.54) is 12.0 Å². The second-order valence-corrected chi connectivity index (χ2v) is 3.92. The molecule has 1 aromatic rings. The van der Waals surface area contributed by atoms with Crippen LogP contribution in [-0.2, 0) is 8.98 Å². The highest BCUT2D eigenvalue weighted by molar-refractivity contribution is 7.94. The van der Waals surface area contributed by atoms with Crippen LogP contribution in [0.4, 0.5) is 0 Å². The highest BCUT2D eigenvalue weighted by Gasteiger charge is 1.99. The molecule has 0 saturated carbocycles. The lowest BCUT2D eigenvalue weighted by Gasteiger charge is -1.99. The second kappa shape index (κ2) is 5.58. The van der Waals surface area contributed by atoms with Crippen LogP contribution >= 0.6 is 12.0 Å². The van der Waals surface area contributed by atoms with E-state index in [9.17, 15) is 4.79 Å². The van der Waals surface area contributed by atoms with Gasteiger partial charge in [0.2, 0.25) is 0 Å². The van der Waals surface area contributed by atoms with Crippen LogP contribution in [0.3, 0.4) is 0 Å². The fourth-order valence-corrected chi connectivity index (χ4v) is 1.47. The Balaban J connectivity index is 2.80. The molecule has 0 radical (unpaired) electrons. The van der Waals surface area contributed by atoms with E-state index in [4.69, 9.17) is 9.29 Å². The Labute approximate surface area is 93.0 Å². The maximum Gasteiger partial charge on any atom is 0.331 e. The standard InChI is InChI=1S/C11H12O3S/c1-8(11(12)13)7-9-3-5-10(6-4-9)15-14-2/h3-7H,1-2H3,(H,12,13)/b8-7+. The summed E-state index contributed by atoms with van der Waals surface area (Å²) in [6.07, 6.45) is 1.63. The van der Waals surface area contributed by atoms with Gasteiger partial charge in [-0.3, -0.25) is 0 Å². The van der Waals surface area contributed by atoms with E-state index in [1.54, 1.807) is 20.1 Å². The summed E-state index contributed by atoms with van der Waals surface area (Å²) in [5, 5.41) is 8.69. The SMILES string of the molecule is COSc1ccc(/C=C(\C)C(=O)O)cc1. The fourth-order valence-electron chi connectivity index (χ4n) is 1.03. The van der Waals surface area contributed by atoms with Gasteiger partial charge in [0.05, 0.1) is 7.11 Å². The molecule has 4 heteroatoms. The number of carboxylic acid groups (broad SMARTS) is 1. The largest absolute Gasteiger partial charge is 0.478 e. The van der Waals surface area contributed by atoms with Crippen LogP contribution < -0.4 is 0 Å². The second-order valence-electron chi connectivity index (χ2n) is 2.95. The van der Waals surface area contributed by atoms with E-state index < -0.39 is 5.97 Å². The first-order valence-corrected chi connectivity index (χ1v) is 5.10. The lowest BCUT2D eigenvalue weighted by atomic mass is 10.1. The third-order valence-corrected chi connectivity index (χ3v) is 2.41. The molecule has 0 unspecified atom stereocenters. The van der Waals surface area contributed by atoms with Crippen molar-refractivity contribution in [3.63, 3.8) is 0 Å². The first-order chi connectivity index (χ1) is 7.13. The van der Waals surface area contributed by atoms with Gasteiger partial charge in [-0.05, 0) is 30.7 Å². The van der Waals surface area contributed by atoms with E-state index in [0.717, 1.165) is 10.5 Å². The van der Waals surface area contributed by atoms with Gasteiger partial charge in [0.25, 0.3) is 0 Å². The molecule has 0 aromatic heterocycles. The lowest BCUT2D eigenvalue weighted by molar-refractivity contribution is -0.132. The van der Waals surface area contributed by atoms with Crippen LogP contribution in [0.1, 0.15) is 12.5 Å². The molecule has 0 aliphatic rings. The molecular formula is C11H12O3S. The Kier molecular flexibility index (Phi) is 4.39. The first kappa shape index (κ1) is 11.8. The molecular weight excluding hydrogens is 212 g/mol. The topological polar surface area (TPSA) is 46.5 Å². The van der Waals surface area contributed by atoms with Crippen molar-refractivity contribution in [2.45, 2.75) is 11.8 Å². The van der Waals surface area contributed by atoms with Crippen LogP contribution in [0.2, 0.25) is 0 Å². The molecule has 0 aliphatic heterocycles. The van der Waals surface area contributed by atoms with Crippen molar-refractivity contribution in [1.82, 2.24) is 0 Å². The van der Waals surface area contributed by atoms with Crippen LogP contribution in [0.15, 0.2) is 34.7 Å². The lowest BCUT2D eigenvalue weighted by Crippen LogP contribution is -1.95. The monoisotopic (exact) mass is 224 g/mol. The Morgan fingerprint density at radius 2 is 2.00 bits per heavy atom. The van der Waals surface area contributed by atoms with Crippen molar-refractivity contribution in [2.75, 3.05) is 7.11 Å². The summed E-state index contributed by atoms with van der Waals surface area (Å²) in [4.78, 5) is 11.6. The summed E-state index contributed by atoms with van der Waals surface area (Å²) in [6.45, 7) is 1.57. The van der Waals surface area contributed by atoms with Crippen molar-refractivity contribution in [2.24, 2.45) is 0 Å². The summed E-state index contributed by atoms with van der Waals surface area (Å²) >= 11 is 1.27. The summed E-state index contributed by atoms with van der Waals surface area (Å²) in [6, 6.07) is 7.48. The molecule has 0 aliphatic carbocycles. The summed E-state index contributed by atoms with van der Waals surface area (Å²) < 4.78 is 4.89. The van der Waals surface area contributed by atoms with Crippen molar-refractivity contribution >= 4 is 24.1 Å². The zero-order valence-corrected chi connectivity index (χ0v) is 9.38. The molecule has 0 fully saturated rings. The molecule has 0 amide bonds. The van der Waals surface area contributed by atoms with Gasteiger partial charge < -0.3 is 9.29 Å². The number of carboxylic acids is 1. The number of hydrogen-bond acceptors (Lipinski definition) is 3. The average molecular weight is 224 g/mol. The number of aliphatic carboxylic acids is 1. The Bertz CT molecular complexity index is 368. The molecule has 15 heavy (non-hydrogen) atoms. The van der Waals surface area contributed by atoms with Gasteiger partial charge in [-0.2, -0.15) is 0 Å². The van der Waals surface area contributed by atoms with Gasteiger partial charge in [-0.15, -0.1) is 0 Å². The van der Waals surface area contributed by atoms with Crippen LogP contribution in [-0.4, -0.2) is 18.2 Å². The Hall–Kier alpha value is -1.26. The Morgan fingerprint density at radius 1 is 1.40 bits per heavy atom. The van der Waals surface area contributed by atoms with Crippen molar-refractivity contribution in [1.29, 1.82) is 0 Å². The minimum Gasteiger partial charge on any atom is -0.478 e. The molecule has 0 bridgehead atoms.